The van der Waals surface area contributed by atoms with Crippen LogP contribution in [0.5, 0.6) is 0 Å². The predicted molar refractivity (Wildman–Crippen MR) is 30.7 cm³/mol. The molecule has 0 spiro atoms. The van der Waals surface area contributed by atoms with E-state index in [1.165, 1.54) is 0 Å². The molecule has 0 radical (unpaired) electrons. The molecule has 0 aliphatic heterocycles. The number of aliphatic carboxylic acids is 1. The summed E-state index contributed by atoms with van der Waals surface area (Å²) in [5, 5.41) is 10.8. The summed E-state index contributed by atoms with van der Waals surface area (Å²) in [6.07, 6.45) is 1.02. The number of hydrogen-bond donors (Lipinski definition) is 0. The summed E-state index contributed by atoms with van der Waals surface area (Å²) in [6, 6.07) is 0. The average molecular weight is 180 g/mol. The van der Waals surface area contributed by atoms with Crippen LogP contribution >= 0.6 is 0 Å². The first-order valence-electron chi connectivity index (χ1n) is 2.46. The fourth-order valence-corrected chi connectivity index (χ4v) is 1.27. The van der Waals surface area contributed by atoms with E-state index in [0.29, 0.717) is 15.0 Å². The second-order valence-corrected chi connectivity index (χ2v) is 3.54. The van der Waals surface area contributed by atoms with E-state index in [-0.39, 0.29) is 6.42 Å². The third-order valence-corrected chi connectivity index (χ3v) is 2.19. The van der Waals surface area contributed by atoms with Gasteiger partial charge in [-0.15, -0.1) is 0 Å². The molecule has 0 rings (SSSR count). The Kier molecular flexibility index (Phi) is 5.13. The monoisotopic (exact) mass is 181 g/mol. The van der Waals surface area contributed by atoms with Crippen molar-refractivity contribution in [1.29, 1.82) is 0 Å². The van der Waals surface area contributed by atoms with Gasteiger partial charge in [0.05, 0.1) is 0 Å². The van der Waals surface area contributed by atoms with Gasteiger partial charge in [0.15, 0.2) is 0 Å². The topological polar surface area (TPSA) is 40.1 Å². The quantitative estimate of drug-likeness (QED) is 0.439. The van der Waals surface area contributed by atoms with Crippen molar-refractivity contribution >= 4 is 20.9 Å². The van der Waals surface area contributed by atoms with Gasteiger partial charge in [-0.25, -0.2) is 0 Å². The van der Waals surface area contributed by atoms with Gasteiger partial charge in [0, 0.05) is 0 Å². The van der Waals surface area contributed by atoms with Crippen LogP contribution in [0.3, 0.4) is 0 Å². The molecule has 0 amide bonds. The molecule has 0 saturated heterocycles. The van der Waals surface area contributed by atoms with Gasteiger partial charge in [-0.05, 0) is 0 Å². The molecule has 0 aliphatic carbocycles. The molecule has 0 fully saturated rings. The summed E-state index contributed by atoms with van der Waals surface area (Å²) >= 11 is 0.620. The van der Waals surface area contributed by atoms with Crippen LogP contribution in [0.15, 0.2) is 0 Å². The van der Waals surface area contributed by atoms with Crippen LogP contribution in [-0.2, 0) is 4.79 Å². The van der Waals surface area contributed by atoms with Crippen molar-refractivity contribution in [2.45, 2.75) is 24.0 Å². The van der Waals surface area contributed by atoms with Crippen molar-refractivity contribution in [3.8, 4) is 0 Å². The predicted octanol–water partition coefficient (Wildman–Crippen LogP) is -0.313. The Morgan fingerprint density at radius 2 is 2.38 bits per heavy atom. The van der Waals surface area contributed by atoms with E-state index in [1.807, 2.05) is 0 Å². The van der Waals surface area contributed by atoms with Gasteiger partial charge >= 0.3 is 54.8 Å². The SMILES string of the molecule is C[Se]CCCC(=O)[O-]. The van der Waals surface area contributed by atoms with E-state index in [4.69, 9.17) is 0 Å². The van der Waals surface area contributed by atoms with Crippen LogP contribution in [0.1, 0.15) is 12.8 Å². The molecule has 0 aliphatic rings. The zero-order valence-corrected chi connectivity index (χ0v) is 6.56. The van der Waals surface area contributed by atoms with Gasteiger partial charge < -0.3 is 0 Å². The summed E-state index contributed by atoms with van der Waals surface area (Å²) in [6.45, 7) is 0. The molecule has 0 aromatic rings. The number of carboxylic acid groups (broad SMARTS) is 1. The van der Waals surface area contributed by atoms with Crippen LogP contribution in [0.25, 0.3) is 0 Å². The molecule has 0 aromatic carbocycles. The number of carbonyl (C=O) groups excluding carboxylic acids is 1. The first-order valence-corrected chi connectivity index (χ1v) is 5.38. The van der Waals surface area contributed by atoms with Crippen LogP contribution in [0.4, 0.5) is 0 Å². The summed E-state index contributed by atoms with van der Waals surface area (Å²) in [4.78, 5) is 9.77. The van der Waals surface area contributed by atoms with Crippen molar-refractivity contribution in [3.05, 3.63) is 0 Å². The Morgan fingerprint density at radius 1 is 1.75 bits per heavy atom. The Bertz CT molecular complexity index is 72.8. The molecule has 48 valence electrons. The Balaban J connectivity index is 2.82. The van der Waals surface area contributed by atoms with Crippen LogP contribution in [0.2, 0.25) is 11.1 Å². The van der Waals surface area contributed by atoms with Gasteiger partial charge in [-0.1, -0.05) is 0 Å². The van der Waals surface area contributed by atoms with Crippen molar-refractivity contribution in [2.75, 3.05) is 0 Å². The number of rotatable bonds is 4. The van der Waals surface area contributed by atoms with Gasteiger partial charge in [-0.3, -0.25) is 0 Å². The van der Waals surface area contributed by atoms with Gasteiger partial charge in [0.2, 0.25) is 0 Å². The second-order valence-electron chi connectivity index (χ2n) is 1.47. The van der Waals surface area contributed by atoms with Crippen LogP contribution in [0, 0.1) is 0 Å². The van der Waals surface area contributed by atoms with E-state index in [9.17, 15) is 9.90 Å². The second kappa shape index (κ2) is 5.13. The maximum absolute atomic E-state index is 9.77. The van der Waals surface area contributed by atoms with Crippen molar-refractivity contribution in [2.24, 2.45) is 0 Å². The van der Waals surface area contributed by atoms with Crippen LogP contribution < -0.4 is 5.11 Å². The summed E-state index contributed by atoms with van der Waals surface area (Å²) in [5.41, 5.74) is 0. The summed E-state index contributed by atoms with van der Waals surface area (Å²) < 4.78 is 0. The molecule has 2 nitrogen and oxygen atoms in total. The van der Waals surface area contributed by atoms with E-state index in [2.05, 4.69) is 5.82 Å². The molecule has 0 saturated carbocycles. The first-order chi connectivity index (χ1) is 3.77. The average Bonchev–Trinajstić information content (AvgIpc) is 1.66. The molecular weight excluding hydrogens is 171 g/mol. The normalized spacial score (nSPS) is 9.12. The molecule has 0 bridgehead atoms. The summed E-state index contributed by atoms with van der Waals surface area (Å²) in [5.74, 6) is 1.18. The summed E-state index contributed by atoms with van der Waals surface area (Å²) in [7, 11) is 0. The van der Waals surface area contributed by atoms with Gasteiger partial charge in [0.1, 0.15) is 0 Å². The molecule has 0 heterocycles. The fraction of sp³-hybridized carbons (Fsp3) is 0.800. The zero-order chi connectivity index (χ0) is 6.41. The molecule has 0 atom stereocenters. The fourth-order valence-electron chi connectivity index (χ4n) is 0.361. The molecule has 8 heavy (non-hydrogen) atoms. The van der Waals surface area contributed by atoms with E-state index < -0.39 is 5.97 Å². The Morgan fingerprint density at radius 3 is 2.75 bits per heavy atom. The minimum absolute atomic E-state index is 0.232. The number of hydrogen-bond acceptors (Lipinski definition) is 2. The first kappa shape index (κ1) is 7.99. The molecule has 0 N–H and O–H groups in total. The molecule has 0 aromatic heterocycles. The zero-order valence-electron chi connectivity index (χ0n) is 4.85. The van der Waals surface area contributed by atoms with Crippen molar-refractivity contribution < 1.29 is 9.90 Å². The minimum atomic E-state index is -0.922. The third-order valence-electron chi connectivity index (χ3n) is 0.729. The van der Waals surface area contributed by atoms with E-state index in [0.717, 1.165) is 11.7 Å². The van der Waals surface area contributed by atoms with E-state index >= 15 is 0 Å². The Labute approximate surface area is 55.4 Å². The third kappa shape index (κ3) is 5.99. The van der Waals surface area contributed by atoms with Crippen LogP contribution in [-0.4, -0.2) is 20.9 Å². The molecule has 0 unspecified atom stereocenters. The number of carboxylic acids is 1. The van der Waals surface area contributed by atoms with Gasteiger partial charge in [0.25, 0.3) is 0 Å². The standard InChI is InChI=1S/C5H10O2Se/c1-8-4-2-3-5(6)7/h2-4H2,1H3,(H,6,7)/p-1. The maximum atomic E-state index is 9.77. The van der Waals surface area contributed by atoms with E-state index in [1.54, 1.807) is 0 Å². The molecular formula is C5H9O2Se-. The van der Waals surface area contributed by atoms with Crippen molar-refractivity contribution in [1.82, 2.24) is 0 Å². The molecule has 3 heteroatoms. The van der Waals surface area contributed by atoms with Gasteiger partial charge in [-0.2, -0.15) is 0 Å². The Hall–Kier alpha value is -0.0105. The number of carbonyl (C=O) groups is 1. The van der Waals surface area contributed by atoms with Crippen molar-refractivity contribution in [3.63, 3.8) is 0 Å².